The molecule has 0 spiro atoms. The second-order valence-corrected chi connectivity index (χ2v) is 2.84. The van der Waals surface area contributed by atoms with E-state index in [0.29, 0.717) is 13.2 Å². The van der Waals surface area contributed by atoms with Crippen LogP contribution in [0.15, 0.2) is 41.7 Å². The van der Waals surface area contributed by atoms with Gasteiger partial charge < -0.3 is 4.74 Å². The van der Waals surface area contributed by atoms with Gasteiger partial charge in [0.25, 0.3) is 0 Å². The molecule has 0 heterocycles. The van der Waals surface area contributed by atoms with Crippen molar-refractivity contribution in [2.24, 2.45) is 0 Å². The lowest BCUT2D eigenvalue weighted by molar-refractivity contribution is 0.194. The maximum atomic E-state index is 5.28. The van der Waals surface area contributed by atoms with Gasteiger partial charge in [-0.2, -0.15) is 0 Å². The summed E-state index contributed by atoms with van der Waals surface area (Å²) in [5.41, 5.74) is 4.25. The van der Waals surface area contributed by atoms with E-state index in [-0.39, 0.29) is 0 Å². The topological polar surface area (TPSA) is 9.23 Å². The molecule has 0 aromatic carbocycles. The van der Waals surface area contributed by atoms with Gasteiger partial charge >= 0.3 is 0 Å². The highest BCUT2D eigenvalue weighted by Gasteiger charge is 1.76. The van der Waals surface area contributed by atoms with Gasteiger partial charge in [0.1, 0.15) is 0 Å². The van der Waals surface area contributed by atoms with Crippen molar-refractivity contribution < 1.29 is 4.74 Å². The molecule has 0 bridgehead atoms. The van der Waals surface area contributed by atoms with Gasteiger partial charge in [0.05, 0.1) is 13.2 Å². The van der Waals surface area contributed by atoms with Gasteiger partial charge in [0, 0.05) is 0 Å². The molecule has 0 aliphatic carbocycles. The van der Waals surface area contributed by atoms with E-state index in [0.717, 1.165) is 0 Å². The number of hydrogen-bond acceptors (Lipinski definition) is 1. The van der Waals surface area contributed by atoms with Crippen LogP contribution in [-0.2, 0) is 4.74 Å². The summed E-state index contributed by atoms with van der Waals surface area (Å²) < 4.78 is 5.28. The molecule has 13 heavy (non-hydrogen) atoms. The van der Waals surface area contributed by atoms with Gasteiger partial charge in [-0.3, -0.25) is 0 Å². The normalized spacial score (nSPS) is 10.7. The van der Waals surface area contributed by atoms with Crippen LogP contribution in [-0.4, -0.2) is 13.2 Å². The number of rotatable bonds is 5. The molecule has 0 unspecified atom stereocenters. The summed E-state index contributed by atoms with van der Waals surface area (Å²) in [7, 11) is 0. The summed E-state index contributed by atoms with van der Waals surface area (Å²) in [6.07, 6.45) is 9.83. The molecule has 0 aliphatic heterocycles. The average molecular weight is 178 g/mol. The van der Waals surface area contributed by atoms with E-state index < -0.39 is 0 Å². The lowest BCUT2D eigenvalue weighted by Gasteiger charge is -1.92. The first-order chi connectivity index (χ1) is 6.27. The van der Waals surface area contributed by atoms with Crippen LogP contribution in [0, 0.1) is 0 Å². The molecule has 1 nitrogen and oxygen atoms in total. The van der Waals surface area contributed by atoms with Crippen molar-refractivity contribution >= 4 is 0 Å². The first kappa shape index (κ1) is 12.0. The third kappa shape index (κ3) is 11.0. The average Bonchev–Trinajstić information content (AvgIpc) is 2.09. The largest absolute Gasteiger partial charge is 0.373 e. The van der Waals surface area contributed by atoms with Crippen LogP contribution in [0.1, 0.15) is 20.8 Å². The Morgan fingerprint density at radius 2 is 2.00 bits per heavy atom. The van der Waals surface area contributed by atoms with Crippen molar-refractivity contribution in [2.45, 2.75) is 20.8 Å². The van der Waals surface area contributed by atoms with E-state index in [9.17, 15) is 0 Å². The fourth-order valence-electron chi connectivity index (χ4n) is 0.686. The fourth-order valence-corrected chi connectivity index (χ4v) is 0.686. The SMILES string of the molecule is C/C=C/C=C/COCC=C=C(C)C. The minimum absolute atomic E-state index is 0.630. The van der Waals surface area contributed by atoms with Gasteiger partial charge in [-0.25, -0.2) is 0 Å². The Hall–Kier alpha value is -1.04. The fraction of sp³-hybridized carbons (Fsp3) is 0.417. The van der Waals surface area contributed by atoms with Crippen LogP contribution in [0.2, 0.25) is 0 Å². The summed E-state index contributed by atoms with van der Waals surface area (Å²) in [5, 5.41) is 0. The predicted octanol–water partition coefficient (Wildman–Crippen LogP) is 3.26. The zero-order valence-corrected chi connectivity index (χ0v) is 8.71. The standard InChI is InChI=1S/C12H18O/c1-4-5-6-7-10-13-11-8-9-12(2)3/h4-8H,10-11H2,1-3H3/b5-4+,7-6+. The second-order valence-electron chi connectivity index (χ2n) is 2.84. The summed E-state index contributed by atoms with van der Waals surface area (Å²) in [6, 6.07) is 0. The Bertz CT molecular complexity index is 224. The van der Waals surface area contributed by atoms with Gasteiger partial charge in [-0.1, -0.05) is 24.3 Å². The molecule has 0 fully saturated rings. The van der Waals surface area contributed by atoms with Gasteiger partial charge in [-0.15, -0.1) is 5.73 Å². The monoisotopic (exact) mass is 178 g/mol. The minimum Gasteiger partial charge on any atom is -0.373 e. The van der Waals surface area contributed by atoms with Crippen LogP contribution in [0.4, 0.5) is 0 Å². The van der Waals surface area contributed by atoms with Crippen LogP contribution in [0.3, 0.4) is 0 Å². The van der Waals surface area contributed by atoms with Crippen LogP contribution in [0.25, 0.3) is 0 Å². The predicted molar refractivity (Wildman–Crippen MR) is 57.7 cm³/mol. The van der Waals surface area contributed by atoms with E-state index in [1.165, 1.54) is 5.57 Å². The molecule has 72 valence electrons. The van der Waals surface area contributed by atoms with Gasteiger partial charge in [-0.05, 0) is 32.4 Å². The molecule has 0 atom stereocenters. The first-order valence-corrected chi connectivity index (χ1v) is 4.51. The highest BCUT2D eigenvalue weighted by molar-refractivity contribution is 5.01. The van der Waals surface area contributed by atoms with Crippen molar-refractivity contribution in [2.75, 3.05) is 13.2 Å². The zero-order chi connectivity index (χ0) is 9.94. The van der Waals surface area contributed by atoms with Crippen LogP contribution < -0.4 is 0 Å². The third-order valence-electron chi connectivity index (χ3n) is 1.25. The highest BCUT2D eigenvalue weighted by atomic mass is 16.5. The summed E-state index contributed by atoms with van der Waals surface area (Å²) in [5.74, 6) is 0. The molecule has 0 aromatic heterocycles. The van der Waals surface area contributed by atoms with Gasteiger partial charge in [0.2, 0.25) is 0 Å². The van der Waals surface area contributed by atoms with Crippen LogP contribution >= 0.6 is 0 Å². The summed E-state index contributed by atoms with van der Waals surface area (Å²) in [6.45, 7) is 7.31. The Labute approximate surface area is 81.1 Å². The van der Waals surface area contributed by atoms with Crippen molar-refractivity contribution in [3.05, 3.63) is 41.7 Å². The van der Waals surface area contributed by atoms with Crippen molar-refractivity contribution in [3.63, 3.8) is 0 Å². The molecule has 0 aromatic rings. The summed E-state index contributed by atoms with van der Waals surface area (Å²) in [4.78, 5) is 0. The maximum Gasteiger partial charge on any atom is 0.0725 e. The highest BCUT2D eigenvalue weighted by Crippen LogP contribution is 1.84. The molecule has 0 saturated heterocycles. The number of allylic oxidation sites excluding steroid dienone is 3. The molecule has 0 amide bonds. The third-order valence-corrected chi connectivity index (χ3v) is 1.25. The molecule has 0 N–H and O–H groups in total. The first-order valence-electron chi connectivity index (χ1n) is 4.51. The molecule has 1 heteroatoms. The molecule has 0 rings (SSSR count). The lowest BCUT2D eigenvalue weighted by atomic mass is 10.4. The Morgan fingerprint density at radius 3 is 2.62 bits per heavy atom. The maximum absolute atomic E-state index is 5.28. The quantitative estimate of drug-likeness (QED) is 0.357. The zero-order valence-electron chi connectivity index (χ0n) is 8.71. The van der Waals surface area contributed by atoms with E-state index in [2.05, 4.69) is 5.73 Å². The minimum atomic E-state index is 0.630. The van der Waals surface area contributed by atoms with E-state index >= 15 is 0 Å². The molecular formula is C12H18O. The smallest absolute Gasteiger partial charge is 0.0725 e. The molecule has 0 aliphatic rings. The number of ether oxygens (including phenoxy) is 1. The van der Waals surface area contributed by atoms with Gasteiger partial charge in [0.15, 0.2) is 0 Å². The van der Waals surface area contributed by atoms with E-state index in [1.54, 1.807) is 0 Å². The van der Waals surface area contributed by atoms with Crippen LogP contribution in [0.5, 0.6) is 0 Å². The Balaban J connectivity index is 3.42. The Morgan fingerprint density at radius 1 is 1.23 bits per heavy atom. The van der Waals surface area contributed by atoms with E-state index in [1.807, 2.05) is 51.2 Å². The lowest BCUT2D eigenvalue weighted by Crippen LogP contribution is -1.89. The second kappa shape index (κ2) is 9.05. The van der Waals surface area contributed by atoms with Crippen molar-refractivity contribution in [1.29, 1.82) is 0 Å². The molecule has 0 saturated carbocycles. The Kier molecular flexibility index (Phi) is 8.33. The summed E-state index contributed by atoms with van der Waals surface area (Å²) >= 11 is 0. The van der Waals surface area contributed by atoms with Crippen molar-refractivity contribution in [3.8, 4) is 0 Å². The van der Waals surface area contributed by atoms with E-state index in [4.69, 9.17) is 4.74 Å². The number of hydrogen-bond donors (Lipinski definition) is 0. The molecular weight excluding hydrogens is 160 g/mol. The molecule has 0 radical (unpaired) electrons. The van der Waals surface area contributed by atoms with Crippen molar-refractivity contribution in [1.82, 2.24) is 0 Å².